The molecule has 3 aromatic carbocycles. The monoisotopic (exact) mass is 945 g/mol. The van der Waals surface area contributed by atoms with Crippen LogP contribution in [0, 0.1) is 131 Å². The molecule has 10 nitrogen and oxygen atoms in total. The Morgan fingerprint density at radius 3 is 1.57 bits per heavy atom. The summed E-state index contributed by atoms with van der Waals surface area (Å²) < 4.78 is 40.3. The summed E-state index contributed by atoms with van der Waals surface area (Å²) >= 11 is 0. The van der Waals surface area contributed by atoms with Crippen LogP contribution in [-0.2, 0) is 28.9 Å². The molecule has 1 aliphatic rings. The summed E-state index contributed by atoms with van der Waals surface area (Å²) in [5.74, 6) is 51.6. The SMILES string of the molecule is [C-]#[N+]CCOP(OC1[C@@H](COC(c2ccccc2)(c2ccc(OC)cc2)c2ccc(OC)cc2)C[C@@H](NC(=O)C#CC#CC#CC#CC#CC#CC#CC#CC#CC#CC)[C@H]1OC)N(C(C)C)C(C)C. The Morgan fingerprint density at radius 1 is 0.686 bits per heavy atom. The third-order valence-corrected chi connectivity index (χ3v) is 12.4. The predicted octanol–water partition coefficient (Wildman–Crippen LogP) is 7.25. The zero-order valence-electron chi connectivity index (χ0n) is 40.5. The van der Waals surface area contributed by atoms with Crippen LogP contribution >= 0.6 is 8.53 Å². The predicted molar refractivity (Wildman–Crippen MR) is 274 cm³/mol. The van der Waals surface area contributed by atoms with Crippen molar-refractivity contribution in [3.63, 3.8) is 0 Å². The average Bonchev–Trinajstić information content (AvgIpc) is 3.69. The molecule has 350 valence electrons. The van der Waals surface area contributed by atoms with Crippen molar-refractivity contribution < 1.29 is 32.8 Å². The second kappa shape index (κ2) is 30.4. The standard InChI is InChI=1S/C59H52N3O7P/c1-10-11-12-13-14-15-16-17-18-19-20-21-22-23-24-25-26-27-31-34-56(63)61-55-45-49(57(58(55)66-9)69-70(68-44-43-60-6)62(47(2)3)48(4)5)46-67-59(50-32-29-28-30-33-50,51-35-39-53(64-7)40-36-51)52-37-41-54(65-8)42-38-52/h28-30,32-33,35-42,47-49,55,57-58H,43-46H2,1-5,7-9H3,(H,61,63)/t49-,55-,57?,58-,70?/m1/s1. The lowest BCUT2D eigenvalue weighted by molar-refractivity contribution is -0.117. The lowest BCUT2D eigenvalue weighted by Gasteiger charge is -2.40. The molecule has 70 heavy (non-hydrogen) atoms. The first-order valence-corrected chi connectivity index (χ1v) is 23.2. The Balaban J connectivity index is 1.65. The summed E-state index contributed by atoms with van der Waals surface area (Å²) in [6.07, 6.45) is -0.883. The normalized spacial score (nSPS) is 15.3. The van der Waals surface area contributed by atoms with Crippen molar-refractivity contribution in [2.75, 3.05) is 41.1 Å². The maximum Gasteiger partial charge on any atom is 0.297 e. The van der Waals surface area contributed by atoms with Gasteiger partial charge in [-0.2, -0.15) is 0 Å². The van der Waals surface area contributed by atoms with Crippen LogP contribution in [-0.4, -0.2) is 82.0 Å². The highest BCUT2D eigenvalue weighted by Gasteiger charge is 2.49. The van der Waals surface area contributed by atoms with E-state index in [9.17, 15) is 4.79 Å². The molecule has 2 unspecified atom stereocenters. The van der Waals surface area contributed by atoms with E-state index in [1.165, 1.54) is 0 Å². The summed E-state index contributed by atoms with van der Waals surface area (Å²) in [6, 6.07) is 25.2. The zero-order valence-corrected chi connectivity index (χ0v) is 41.4. The molecule has 1 aliphatic carbocycles. The van der Waals surface area contributed by atoms with Gasteiger partial charge in [-0.05, 0) is 177 Å². The maximum absolute atomic E-state index is 13.4. The molecular weight excluding hydrogens is 894 g/mol. The van der Waals surface area contributed by atoms with Crippen molar-refractivity contribution >= 4 is 14.4 Å². The quantitative estimate of drug-likeness (QED) is 0.0470. The molecule has 1 saturated carbocycles. The van der Waals surface area contributed by atoms with E-state index in [2.05, 4.69) is 161 Å². The van der Waals surface area contributed by atoms with Crippen molar-refractivity contribution in [2.45, 2.75) is 77.0 Å². The van der Waals surface area contributed by atoms with Crippen molar-refractivity contribution in [2.24, 2.45) is 5.92 Å². The number of nitrogens with one attached hydrogen (secondary N) is 1. The first kappa shape index (κ1) is 54.7. The highest BCUT2D eigenvalue weighted by atomic mass is 31.2. The number of rotatable bonds is 18. The van der Waals surface area contributed by atoms with Crippen LogP contribution in [0.4, 0.5) is 0 Å². The number of ether oxygens (including phenoxy) is 4. The fourth-order valence-electron chi connectivity index (χ4n) is 7.39. The number of carbonyl (C=O) groups is 1. The van der Waals surface area contributed by atoms with Crippen molar-refractivity contribution in [3.8, 4) is 130 Å². The summed E-state index contributed by atoms with van der Waals surface area (Å²) in [5, 5.41) is 3.05. The molecule has 0 heterocycles. The van der Waals surface area contributed by atoms with E-state index in [1.54, 1.807) is 28.3 Å². The molecule has 1 N–H and O–H groups in total. The molecular formula is C59H52N3O7P. The van der Waals surface area contributed by atoms with E-state index in [0.717, 1.165) is 16.7 Å². The van der Waals surface area contributed by atoms with Crippen molar-refractivity contribution in [1.29, 1.82) is 0 Å². The Labute approximate surface area is 416 Å². The Bertz CT molecular complexity index is 2900. The van der Waals surface area contributed by atoms with Crippen molar-refractivity contribution in [3.05, 3.63) is 107 Å². The smallest absolute Gasteiger partial charge is 0.297 e. The summed E-state index contributed by atoms with van der Waals surface area (Å²) in [6.45, 7) is 17.9. The fraction of sp³-hybridized carbons (Fsp3) is 0.322. The van der Waals surface area contributed by atoms with Gasteiger partial charge >= 0.3 is 0 Å². The summed E-state index contributed by atoms with van der Waals surface area (Å²) in [5.41, 5.74) is 1.49. The van der Waals surface area contributed by atoms with E-state index in [0.29, 0.717) is 17.9 Å². The Hall–Kier alpha value is -7.95. The molecule has 0 radical (unpaired) electrons. The number of carbonyl (C=O) groups excluding carboxylic acids is 1. The molecule has 0 bridgehead atoms. The van der Waals surface area contributed by atoms with Crippen LogP contribution in [0.15, 0.2) is 78.9 Å². The van der Waals surface area contributed by atoms with Crippen LogP contribution in [0.3, 0.4) is 0 Å². The number of hydrogen-bond acceptors (Lipinski definition) is 8. The molecule has 1 amide bonds. The largest absolute Gasteiger partial charge is 0.497 e. The van der Waals surface area contributed by atoms with Gasteiger partial charge in [-0.3, -0.25) is 4.79 Å². The number of methoxy groups -OCH3 is 3. The Morgan fingerprint density at radius 2 is 1.14 bits per heavy atom. The van der Waals surface area contributed by atoms with Crippen LogP contribution in [0.5, 0.6) is 11.5 Å². The van der Waals surface area contributed by atoms with Crippen LogP contribution in [0.2, 0.25) is 0 Å². The summed E-state index contributed by atoms with van der Waals surface area (Å²) in [4.78, 5) is 17.0. The molecule has 0 aromatic heterocycles. The molecule has 4 rings (SSSR count). The van der Waals surface area contributed by atoms with Gasteiger partial charge in [0.15, 0.2) is 0 Å². The van der Waals surface area contributed by atoms with Gasteiger partial charge in [0.2, 0.25) is 6.54 Å². The molecule has 11 heteroatoms. The molecule has 1 fully saturated rings. The number of amides is 1. The van der Waals surface area contributed by atoms with Gasteiger partial charge in [0.05, 0.1) is 33.0 Å². The van der Waals surface area contributed by atoms with Gasteiger partial charge in [-0.1, -0.05) is 60.5 Å². The van der Waals surface area contributed by atoms with E-state index in [1.807, 2.05) is 78.9 Å². The number of benzene rings is 3. The first-order valence-electron chi connectivity index (χ1n) is 22.1. The Kier molecular flexibility index (Phi) is 23.8. The number of hydrogen-bond donors (Lipinski definition) is 1. The second-order valence-electron chi connectivity index (χ2n) is 15.3. The highest BCUT2D eigenvalue weighted by molar-refractivity contribution is 7.44. The molecule has 5 atom stereocenters. The number of nitrogens with zero attached hydrogens (tertiary/aromatic N) is 2. The van der Waals surface area contributed by atoms with E-state index >= 15 is 0 Å². The lowest BCUT2D eigenvalue weighted by atomic mass is 9.79. The van der Waals surface area contributed by atoms with E-state index in [4.69, 9.17) is 34.6 Å². The first-order chi connectivity index (χ1) is 34.1. The topological polar surface area (TPSA) is 92.1 Å². The van der Waals surface area contributed by atoms with Gasteiger partial charge in [0.1, 0.15) is 29.8 Å². The highest BCUT2D eigenvalue weighted by Crippen LogP contribution is 2.51. The van der Waals surface area contributed by atoms with Crippen LogP contribution < -0.4 is 14.8 Å². The summed E-state index contributed by atoms with van der Waals surface area (Å²) in [7, 11) is 3.13. The third-order valence-electron chi connectivity index (χ3n) is 10.2. The van der Waals surface area contributed by atoms with Gasteiger partial charge < -0.3 is 38.2 Å². The van der Waals surface area contributed by atoms with Gasteiger partial charge in [-0.15, -0.1) is 0 Å². The van der Waals surface area contributed by atoms with Crippen LogP contribution in [0.1, 0.15) is 57.7 Å². The third kappa shape index (κ3) is 16.7. The van der Waals surface area contributed by atoms with E-state index < -0.39 is 38.3 Å². The zero-order chi connectivity index (χ0) is 50.4. The molecule has 0 spiro atoms. The van der Waals surface area contributed by atoms with Gasteiger partial charge in [0.25, 0.3) is 14.4 Å². The fourth-order valence-corrected chi connectivity index (χ4v) is 9.19. The minimum Gasteiger partial charge on any atom is -0.497 e. The molecule has 0 saturated heterocycles. The van der Waals surface area contributed by atoms with Crippen molar-refractivity contribution in [1.82, 2.24) is 9.99 Å². The lowest BCUT2D eigenvalue weighted by Crippen LogP contribution is -2.45. The average molecular weight is 946 g/mol. The van der Waals surface area contributed by atoms with Crippen LogP contribution in [0.25, 0.3) is 4.85 Å². The van der Waals surface area contributed by atoms with Gasteiger partial charge in [-0.25, -0.2) is 11.2 Å². The molecule has 3 aromatic rings. The second-order valence-corrected chi connectivity index (χ2v) is 16.7. The molecule has 0 aliphatic heterocycles. The van der Waals surface area contributed by atoms with Gasteiger partial charge in [0, 0.05) is 42.9 Å². The minimum atomic E-state index is -1.72. The maximum atomic E-state index is 13.4. The minimum absolute atomic E-state index is 0.0414. The van der Waals surface area contributed by atoms with E-state index in [-0.39, 0.29) is 37.8 Å².